The highest BCUT2D eigenvalue weighted by Crippen LogP contribution is 2.22. The Morgan fingerprint density at radius 1 is 1.10 bits per heavy atom. The van der Waals surface area contributed by atoms with Gasteiger partial charge in [0.15, 0.2) is 0 Å². The summed E-state index contributed by atoms with van der Waals surface area (Å²) in [5.41, 5.74) is 2.57. The summed E-state index contributed by atoms with van der Waals surface area (Å²) < 4.78 is 22.4. The fourth-order valence-corrected chi connectivity index (χ4v) is 2.99. The number of benzene rings is 1. The topological polar surface area (TPSA) is 46.2 Å². The van der Waals surface area contributed by atoms with Crippen molar-refractivity contribution in [2.45, 2.75) is 45.6 Å². The number of sulfone groups is 1. The fourth-order valence-electron chi connectivity index (χ4n) is 2.30. The maximum atomic E-state index is 11.2. The van der Waals surface area contributed by atoms with Crippen molar-refractivity contribution in [3.05, 3.63) is 35.4 Å². The minimum atomic E-state index is -2.86. The van der Waals surface area contributed by atoms with Crippen molar-refractivity contribution in [1.29, 1.82) is 0 Å². The Hall–Kier alpha value is -0.870. The molecule has 0 fully saturated rings. The van der Waals surface area contributed by atoms with Gasteiger partial charge in [-0.25, -0.2) is 8.42 Å². The molecule has 114 valence electrons. The molecule has 1 atom stereocenters. The lowest BCUT2D eigenvalue weighted by atomic mass is 9.97. The molecular formula is C16H27NO2S. The van der Waals surface area contributed by atoms with Gasteiger partial charge >= 0.3 is 0 Å². The Labute approximate surface area is 123 Å². The molecule has 3 nitrogen and oxygen atoms in total. The quantitative estimate of drug-likeness (QED) is 0.801. The van der Waals surface area contributed by atoms with Crippen LogP contribution in [0.1, 0.15) is 56.7 Å². The van der Waals surface area contributed by atoms with Crippen molar-refractivity contribution in [1.82, 2.24) is 5.32 Å². The maximum Gasteiger partial charge on any atom is 0.147 e. The predicted molar refractivity (Wildman–Crippen MR) is 85.9 cm³/mol. The van der Waals surface area contributed by atoms with Gasteiger partial charge in [-0.3, -0.25) is 0 Å². The molecule has 1 rings (SSSR count). The third-order valence-electron chi connectivity index (χ3n) is 3.46. The number of hydrogen-bond donors (Lipinski definition) is 1. The molecule has 0 heterocycles. The van der Waals surface area contributed by atoms with E-state index in [0.29, 0.717) is 12.3 Å². The lowest BCUT2D eigenvalue weighted by Gasteiger charge is -2.19. The van der Waals surface area contributed by atoms with E-state index in [2.05, 4.69) is 50.4 Å². The Morgan fingerprint density at radius 2 is 1.65 bits per heavy atom. The Morgan fingerprint density at radius 3 is 2.10 bits per heavy atom. The van der Waals surface area contributed by atoms with E-state index >= 15 is 0 Å². The third kappa shape index (κ3) is 6.06. The first-order chi connectivity index (χ1) is 9.33. The zero-order valence-corrected chi connectivity index (χ0v) is 13.8. The molecule has 0 aliphatic heterocycles. The van der Waals surface area contributed by atoms with E-state index in [-0.39, 0.29) is 11.8 Å². The summed E-state index contributed by atoms with van der Waals surface area (Å²) in [6.45, 7) is 7.33. The molecule has 0 spiro atoms. The van der Waals surface area contributed by atoms with Gasteiger partial charge in [-0.05, 0) is 36.4 Å². The van der Waals surface area contributed by atoms with Gasteiger partial charge in [0.2, 0.25) is 0 Å². The molecule has 0 radical (unpaired) electrons. The molecule has 1 N–H and O–H groups in total. The van der Waals surface area contributed by atoms with Crippen LogP contribution in [0.4, 0.5) is 0 Å². The van der Waals surface area contributed by atoms with Crippen LogP contribution in [0.25, 0.3) is 0 Å². The van der Waals surface area contributed by atoms with Crippen LogP contribution in [0.3, 0.4) is 0 Å². The van der Waals surface area contributed by atoms with Crippen LogP contribution in [-0.4, -0.2) is 27.0 Å². The van der Waals surface area contributed by atoms with Gasteiger partial charge in [0, 0.05) is 18.1 Å². The summed E-state index contributed by atoms with van der Waals surface area (Å²) in [6.07, 6.45) is 2.84. The average molecular weight is 297 g/mol. The van der Waals surface area contributed by atoms with Gasteiger partial charge in [0.25, 0.3) is 0 Å². The van der Waals surface area contributed by atoms with Crippen LogP contribution in [0, 0.1) is 0 Å². The van der Waals surface area contributed by atoms with E-state index < -0.39 is 9.84 Å². The summed E-state index contributed by atoms with van der Waals surface area (Å²) in [5.74, 6) is 0.797. The van der Waals surface area contributed by atoms with Crippen LogP contribution in [0.15, 0.2) is 24.3 Å². The molecule has 0 aliphatic rings. The summed E-state index contributed by atoms with van der Waals surface area (Å²) in [7, 11) is -2.86. The smallest absolute Gasteiger partial charge is 0.147 e. The first kappa shape index (κ1) is 17.2. The molecule has 0 saturated heterocycles. The summed E-state index contributed by atoms with van der Waals surface area (Å²) in [5, 5.41) is 3.44. The number of rotatable bonds is 8. The second kappa shape index (κ2) is 7.79. The van der Waals surface area contributed by atoms with Crippen LogP contribution < -0.4 is 5.32 Å². The molecule has 0 saturated carbocycles. The minimum Gasteiger partial charge on any atom is -0.310 e. The third-order valence-corrected chi connectivity index (χ3v) is 4.49. The van der Waals surface area contributed by atoms with Crippen molar-refractivity contribution in [3.63, 3.8) is 0 Å². The molecule has 4 heteroatoms. The number of nitrogens with one attached hydrogen (secondary N) is 1. The molecule has 1 aromatic carbocycles. The van der Waals surface area contributed by atoms with Gasteiger partial charge in [-0.15, -0.1) is 0 Å². The van der Waals surface area contributed by atoms with Crippen molar-refractivity contribution < 1.29 is 8.42 Å². The SMILES string of the molecule is CCNC(CCCS(C)(=O)=O)c1ccc(C(C)C)cc1. The van der Waals surface area contributed by atoms with E-state index in [4.69, 9.17) is 0 Å². The summed E-state index contributed by atoms with van der Waals surface area (Å²) >= 11 is 0. The van der Waals surface area contributed by atoms with E-state index in [0.717, 1.165) is 13.0 Å². The molecule has 0 bridgehead atoms. The molecule has 20 heavy (non-hydrogen) atoms. The molecule has 1 aromatic rings. The fraction of sp³-hybridized carbons (Fsp3) is 0.625. The van der Waals surface area contributed by atoms with Crippen LogP contribution in [0.5, 0.6) is 0 Å². The van der Waals surface area contributed by atoms with E-state index in [1.807, 2.05) is 0 Å². The predicted octanol–water partition coefficient (Wildman–Crippen LogP) is 3.29. The lowest BCUT2D eigenvalue weighted by molar-refractivity contribution is 0.507. The Bertz CT molecular complexity index is 492. The van der Waals surface area contributed by atoms with Crippen molar-refractivity contribution >= 4 is 9.84 Å². The van der Waals surface area contributed by atoms with E-state index in [1.54, 1.807) is 0 Å². The zero-order valence-electron chi connectivity index (χ0n) is 13.0. The summed E-state index contributed by atoms with van der Waals surface area (Å²) in [6, 6.07) is 8.89. The monoisotopic (exact) mass is 297 g/mol. The second-order valence-corrected chi connectivity index (χ2v) is 7.96. The molecule has 0 aromatic heterocycles. The molecule has 0 aliphatic carbocycles. The van der Waals surface area contributed by atoms with Gasteiger partial charge < -0.3 is 5.32 Å². The normalized spacial score (nSPS) is 13.7. The van der Waals surface area contributed by atoms with Gasteiger partial charge in [0.1, 0.15) is 9.84 Å². The number of hydrogen-bond acceptors (Lipinski definition) is 3. The highest BCUT2D eigenvalue weighted by Gasteiger charge is 2.12. The van der Waals surface area contributed by atoms with Gasteiger partial charge in [-0.1, -0.05) is 45.0 Å². The first-order valence-electron chi connectivity index (χ1n) is 7.34. The van der Waals surface area contributed by atoms with E-state index in [1.165, 1.54) is 17.4 Å². The van der Waals surface area contributed by atoms with Crippen LogP contribution >= 0.6 is 0 Å². The van der Waals surface area contributed by atoms with Crippen molar-refractivity contribution in [2.24, 2.45) is 0 Å². The largest absolute Gasteiger partial charge is 0.310 e. The summed E-state index contributed by atoms with van der Waals surface area (Å²) in [4.78, 5) is 0. The highest BCUT2D eigenvalue weighted by atomic mass is 32.2. The standard InChI is InChI=1S/C16H27NO2S/c1-5-17-16(7-6-12-20(4,18)19)15-10-8-14(9-11-15)13(2)3/h8-11,13,16-17H,5-7,12H2,1-4H3. The molecule has 0 amide bonds. The first-order valence-corrected chi connectivity index (χ1v) is 9.40. The van der Waals surface area contributed by atoms with Crippen LogP contribution in [0.2, 0.25) is 0 Å². The maximum absolute atomic E-state index is 11.2. The van der Waals surface area contributed by atoms with Gasteiger partial charge in [-0.2, -0.15) is 0 Å². The highest BCUT2D eigenvalue weighted by molar-refractivity contribution is 7.90. The minimum absolute atomic E-state index is 0.239. The van der Waals surface area contributed by atoms with Crippen molar-refractivity contribution in [3.8, 4) is 0 Å². The second-order valence-electron chi connectivity index (χ2n) is 5.70. The van der Waals surface area contributed by atoms with Crippen LogP contribution in [-0.2, 0) is 9.84 Å². The Kier molecular flexibility index (Phi) is 6.69. The average Bonchev–Trinajstić information content (AvgIpc) is 2.36. The van der Waals surface area contributed by atoms with E-state index in [9.17, 15) is 8.42 Å². The Balaban J connectivity index is 2.69. The van der Waals surface area contributed by atoms with Gasteiger partial charge in [0.05, 0.1) is 0 Å². The lowest BCUT2D eigenvalue weighted by Crippen LogP contribution is -2.21. The zero-order chi connectivity index (χ0) is 15.2. The van der Waals surface area contributed by atoms with Crippen molar-refractivity contribution in [2.75, 3.05) is 18.6 Å². The molecule has 1 unspecified atom stereocenters. The molecular weight excluding hydrogens is 270 g/mol.